The highest BCUT2D eigenvalue weighted by atomic mass is 16.3. The smallest absolute Gasteiger partial charge is 0.104 e. The van der Waals surface area contributed by atoms with Gasteiger partial charge in [-0.2, -0.15) is 0 Å². The van der Waals surface area contributed by atoms with Crippen molar-refractivity contribution in [2.75, 3.05) is 13.2 Å². The molecule has 0 heterocycles. The molecule has 1 unspecified atom stereocenters. The average Bonchev–Trinajstić information content (AvgIpc) is 2.15. The van der Waals surface area contributed by atoms with Crippen molar-refractivity contribution in [2.45, 2.75) is 51.3 Å². The molecule has 0 aromatic heterocycles. The van der Waals surface area contributed by atoms with Crippen molar-refractivity contribution in [3.8, 4) is 0 Å². The van der Waals surface area contributed by atoms with Crippen LogP contribution < -0.4 is 0 Å². The SMILES string of the molecule is CC(O)N(CCO)C1CCCCC1. The van der Waals surface area contributed by atoms with E-state index in [1.165, 1.54) is 32.1 Å². The van der Waals surface area contributed by atoms with E-state index in [2.05, 4.69) is 0 Å². The fraction of sp³-hybridized carbons (Fsp3) is 1.00. The standard InChI is InChI=1S/C10H21NO2/c1-9(13)11(7-8-12)10-5-3-2-4-6-10/h9-10,12-13H,2-8H2,1H3. The zero-order chi connectivity index (χ0) is 9.68. The van der Waals surface area contributed by atoms with E-state index in [1.54, 1.807) is 6.92 Å². The first-order chi connectivity index (χ1) is 6.25. The van der Waals surface area contributed by atoms with Gasteiger partial charge in [-0.15, -0.1) is 0 Å². The Bertz CT molecular complexity index is 133. The zero-order valence-corrected chi connectivity index (χ0v) is 8.45. The maximum absolute atomic E-state index is 9.51. The van der Waals surface area contributed by atoms with Crippen LogP contribution in [-0.4, -0.2) is 40.5 Å². The molecular formula is C10H21NO2. The van der Waals surface area contributed by atoms with Crippen LogP contribution in [0.15, 0.2) is 0 Å². The van der Waals surface area contributed by atoms with Crippen LogP contribution in [-0.2, 0) is 0 Å². The van der Waals surface area contributed by atoms with Crippen LogP contribution in [0.25, 0.3) is 0 Å². The summed E-state index contributed by atoms with van der Waals surface area (Å²) in [6.07, 6.45) is 5.77. The quantitative estimate of drug-likeness (QED) is 0.644. The number of nitrogens with zero attached hydrogens (tertiary/aromatic N) is 1. The minimum absolute atomic E-state index is 0.140. The Balaban J connectivity index is 2.41. The first-order valence-corrected chi connectivity index (χ1v) is 5.30. The zero-order valence-electron chi connectivity index (χ0n) is 8.45. The lowest BCUT2D eigenvalue weighted by atomic mass is 9.94. The van der Waals surface area contributed by atoms with Gasteiger partial charge in [0.2, 0.25) is 0 Å². The summed E-state index contributed by atoms with van der Waals surface area (Å²) in [5, 5.41) is 18.4. The summed E-state index contributed by atoms with van der Waals surface area (Å²) in [4.78, 5) is 2.01. The fourth-order valence-corrected chi connectivity index (χ4v) is 2.20. The van der Waals surface area contributed by atoms with Crippen LogP contribution in [0.5, 0.6) is 0 Å². The van der Waals surface area contributed by atoms with E-state index in [4.69, 9.17) is 5.11 Å². The van der Waals surface area contributed by atoms with E-state index < -0.39 is 6.23 Å². The van der Waals surface area contributed by atoms with Crippen LogP contribution in [0.3, 0.4) is 0 Å². The molecule has 3 nitrogen and oxygen atoms in total. The minimum atomic E-state index is -0.421. The second-order valence-electron chi connectivity index (χ2n) is 3.89. The third kappa shape index (κ3) is 3.25. The van der Waals surface area contributed by atoms with E-state index in [0.717, 1.165) is 0 Å². The van der Waals surface area contributed by atoms with Gasteiger partial charge in [0.05, 0.1) is 6.61 Å². The lowest BCUT2D eigenvalue weighted by Gasteiger charge is -2.35. The Labute approximate surface area is 80.4 Å². The van der Waals surface area contributed by atoms with Crippen molar-refractivity contribution in [3.63, 3.8) is 0 Å². The molecule has 0 bridgehead atoms. The Morgan fingerprint density at radius 1 is 1.31 bits per heavy atom. The predicted molar refractivity (Wildman–Crippen MR) is 52.3 cm³/mol. The molecule has 3 heteroatoms. The molecule has 0 radical (unpaired) electrons. The molecule has 0 saturated heterocycles. The molecule has 0 amide bonds. The van der Waals surface area contributed by atoms with Gasteiger partial charge in [0, 0.05) is 12.6 Å². The van der Waals surface area contributed by atoms with E-state index in [1.807, 2.05) is 4.90 Å². The Morgan fingerprint density at radius 2 is 1.92 bits per heavy atom. The third-order valence-corrected chi connectivity index (χ3v) is 2.88. The van der Waals surface area contributed by atoms with E-state index in [-0.39, 0.29) is 6.61 Å². The first kappa shape index (κ1) is 11.0. The lowest BCUT2D eigenvalue weighted by molar-refractivity contribution is -0.0302. The van der Waals surface area contributed by atoms with Gasteiger partial charge in [0.1, 0.15) is 6.23 Å². The molecule has 1 saturated carbocycles. The van der Waals surface area contributed by atoms with Crippen LogP contribution in [0.1, 0.15) is 39.0 Å². The number of hydrogen-bond donors (Lipinski definition) is 2. The van der Waals surface area contributed by atoms with Gasteiger partial charge < -0.3 is 10.2 Å². The van der Waals surface area contributed by atoms with Crippen LogP contribution in [0, 0.1) is 0 Å². The molecule has 1 aliphatic rings. The Morgan fingerprint density at radius 3 is 2.38 bits per heavy atom. The second-order valence-corrected chi connectivity index (χ2v) is 3.89. The van der Waals surface area contributed by atoms with Crippen molar-refractivity contribution in [1.82, 2.24) is 4.90 Å². The summed E-state index contributed by atoms with van der Waals surface area (Å²) >= 11 is 0. The largest absolute Gasteiger partial charge is 0.395 e. The van der Waals surface area contributed by atoms with Crippen molar-refractivity contribution in [2.24, 2.45) is 0 Å². The van der Waals surface area contributed by atoms with Gasteiger partial charge in [0.25, 0.3) is 0 Å². The maximum atomic E-state index is 9.51. The average molecular weight is 187 g/mol. The molecule has 1 atom stereocenters. The molecule has 0 aromatic rings. The molecule has 0 aliphatic heterocycles. The van der Waals surface area contributed by atoms with Gasteiger partial charge in [-0.05, 0) is 19.8 Å². The van der Waals surface area contributed by atoms with Gasteiger partial charge in [-0.1, -0.05) is 19.3 Å². The summed E-state index contributed by atoms with van der Waals surface area (Å²) in [6, 6.07) is 0.487. The highest BCUT2D eigenvalue weighted by molar-refractivity contribution is 4.76. The molecule has 1 aliphatic carbocycles. The Kier molecular flexibility index (Phi) is 4.70. The van der Waals surface area contributed by atoms with Crippen molar-refractivity contribution < 1.29 is 10.2 Å². The summed E-state index contributed by atoms with van der Waals surface area (Å²) in [5.41, 5.74) is 0. The number of aliphatic hydroxyl groups excluding tert-OH is 2. The van der Waals surface area contributed by atoms with Crippen LogP contribution in [0.2, 0.25) is 0 Å². The minimum Gasteiger partial charge on any atom is -0.395 e. The van der Waals surface area contributed by atoms with Gasteiger partial charge >= 0.3 is 0 Å². The van der Waals surface area contributed by atoms with Crippen LogP contribution >= 0.6 is 0 Å². The molecule has 2 N–H and O–H groups in total. The normalized spacial score (nSPS) is 22.2. The summed E-state index contributed by atoms with van der Waals surface area (Å²) in [6.45, 7) is 2.52. The number of rotatable bonds is 4. The monoisotopic (exact) mass is 187 g/mol. The van der Waals surface area contributed by atoms with Gasteiger partial charge in [-0.25, -0.2) is 0 Å². The summed E-state index contributed by atoms with van der Waals surface area (Å²) < 4.78 is 0. The van der Waals surface area contributed by atoms with E-state index >= 15 is 0 Å². The molecular weight excluding hydrogens is 166 g/mol. The van der Waals surface area contributed by atoms with Crippen molar-refractivity contribution in [3.05, 3.63) is 0 Å². The highest BCUT2D eigenvalue weighted by Gasteiger charge is 2.23. The first-order valence-electron chi connectivity index (χ1n) is 5.30. The van der Waals surface area contributed by atoms with Crippen LogP contribution in [0.4, 0.5) is 0 Å². The van der Waals surface area contributed by atoms with Crippen molar-refractivity contribution >= 4 is 0 Å². The Hall–Kier alpha value is -0.120. The number of aliphatic hydroxyl groups is 2. The molecule has 13 heavy (non-hydrogen) atoms. The highest BCUT2D eigenvalue weighted by Crippen LogP contribution is 2.23. The topological polar surface area (TPSA) is 43.7 Å². The summed E-state index contributed by atoms with van der Waals surface area (Å²) in [5.74, 6) is 0. The van der Waals surface area contributed by atoms with Gasteiger partial charge in [0.15, 0.2) is 0 Å². The van der Waals surface area contributed by atoms with Crippen molar-refractivity contribution in [1.29, 1.82) is 0 Å². The predicted octanol–water partition coefficient (Wildman–Crippen LogP) is 0.952. The molecule has 0 aromatic carbocycles. The second kappa shape index (κ2) is 5.58. The molecule has 0 spiro atoms. The molecule has 1 fully saturated rings. The molecule has 1 rings (SSSR count). The van der Waals surface area contributed by atoms with Gasteiger partial charge in [-0.3, -0.25) is 4.90 Å². The van der Waals surface area contributed by atoms with E-state index in [9.17, 15) is 5.11 Å². The third-order valence-electron chi connectivity index (χ3n) is 2.88. The number of hydrogen-bond acceptors (Lipinski definition) is 3. The lowest BCUT2D eigenvalue weighted by Crippen LogP contribution is -2.44. The molecule has 78 valence electrons. The maximum Gasteiger partial charge on any atom is 0.104 e. The fourth-order valence-electron chi connectivity index (χ4n) is 2.20. The van der Waals surface area contributed by atoms with E-state index in [0.29, 0.717) is 12.6 Å². The summed E-state index contributed by atoms with van der Waals surface area (Å²) in [7, 11) is 0.